The standard InChI is InChI=1S/C25H24Cl2N2O6/c1-2-34-21-9-4-3-8-20(21)28-22(30)13-35-25(33)14-6-5-7-15(10-14)29-23(31)16-11-18(26)19(27)12-17(16)24(29)32/h3-10,16-19H,2,11-13H2,1H3,(H,28,30)/t16-,17-,18-,19+/m1/s1. The molecule has 1 N–H and O–H groups in total. The number of halogens is 2. The number of ether oxygens (including phenoxy) is 2. The molecule has 4 atom stereocenters. The number of esters is 1. The summed E-state index contributed by atoms with van der Waals surface area (Å²) in [6, 6.07) is 12.9. The van der Waals surface area contributed by atoms with E-state index < -0.39 is 30.3 Å². The Hall–Kier alpha value is -3.10. The number of anilines is 2. The van der Waals surface area contributed by atoms with Crippen molar-refractivity contribution in [1.82, 2.24) is 0 Å². The number of carbonyl (C=O) groups is 4. The number of amides is 3. The van der Waals surface area contributed by atoms with Crippen molar-refractivity contribution in [3.63, 3.8) is 0 Å². The Balaban J connectivity index is 1.41. The van der Waals surface area contributed by atoms with Gasteiger partial charge in [-0.15, -0.1) is 23.2 Å². The predicted octanol–water partition coefficient (Wildman–Crippen LogP) is 4.00. The molecule has 0 unspecified atom stereocenters. The summed E-state index contributed by atoms with van der Waals surface area (Å²) >= 11 is 12.5. The van der Waals surface area contributed by atoms with Gasteiger partial charge in [0, 0.05) is 0 Å². The molecule has 10 heteroatoms. The SMILES string of the molecule is CCOc1ccccc1NC(=O)COC(=O)c1cccc(N2C(=O)[C@@H]3C[C@@H](Cl)[C@@H](Cl)C[C@H]3C2=O)c1. The summed E-state index contributed by atoms with van der Waals surface area (Å²) in [5, 5.41) is 1.87. The fourth-order valence-corrected chi connectivity index (χ4v) is 4.96. The number of alkyl halides is 2. The van der Waals surface area contributed by atoms with Gasteiger partial charge in [-0.05, 0) is 50.1 Å². The lowest BCUT2D eigenvalue weighted by Gasteiger charge is -2.28. The van der Waals surface area contributed by atoms with Crippen LogP contribution in [0.25, 0.3) is 0 Å². The van der Waals surface area contributed by atoms with Crippen molar-refractivity contribution in [1.29, 1.82) is 0 Å². The molecule has 0 aromatic heterocycles. The number of hydrogen-bond donors (Lipinski definition) is 1. The smallest absolute Gasteiger partial charge is 0.338 e. The van der Waals surface area contributed by atoms with Gasteiger partial charge in [-0.2, -0.15) is 0 Å². The van der Waals surface area contributed by atoms with Crippen molar-refractivity contribution >= 4 is 58.3 Å². The average molecular weight is 519 g/mol. The molecular weight excluding hydrogens is 495 g/mol. The van der Waals surface area contributed by atoms with E-state index in [0.29, 0.717) is 30.9 Å². The maximum atomic E-state index is 13.0. The lowest BCUT2D eigenvalue weighted by Crippen LogP contribution is -2.34. The van der Waals surface area contributed by atoms with Gasteiger partial charge in [0.1, 0.15) is 5.75 Å². The van der Waals surface area contributed by atoms with E-state index in [4.69, 9.17) is 32.7 Å². The van der Waals surface area contributed by atoms with Crippen LogP contribution in [-0.4, -0.2) is 47.7 Å². The van der Waals surface area contributed by atoms with Crippen LogP contribution >= 0.6 is 23.2 Å². The van der Waals surface area contributed by atoms with Gasteiger partial charge in [0.15, 0.2) is 6.61 Å². The molecule has 1 aliphatic carbocycles. The molecule has 35 heavy (non-hydrogen) atoms. The predicted molar refractivity (Wildman–Crippen MR) is 131 cm³/mol. The molecule has 0 radical (unpaired) electrons. The van der Waals surface area contributed by atoms with Gasteiger partial charge in [0.25, 0.3) is 5.91 Å². The molecule has 1 heterocycles. The molecule has 1 aliphatic heterocycles. The summed E-state index contributed by atoms with van der Waals surface area (Å²) in [6.45, 7) is 1.74. The van der Waals surface area contributed by atoms with Crippen LogP contribution in [0.3, 0.4) is 0 Å². The minimum Gasteiger partial charge on any atom is -0.492 e. The van der Waals surface area contributed by atoms with Gasteiger partial charge in [-0.1, -0.05) is 18.2 Å². The Morgan fingerprint density at radius 2 is 1.66 bits per heavy atom. The Morgan fingerprint density at radius 3 is 2.31 bits per heavy atom. The summed E-state index contributed by atoms with van der Waals surface area (Å²) in [7, 11) is 0. The topological polar surface area (TPSA) is 102 Å². The van der Waals surface area contributed by atoms with Crippen molar-refractivity contribution in [2.24, 2.45) is 11.8 Å². The summed E-state index contributed by atoms with van der Waals surface area (Å²) in [4.78, 5) is 51.9. The molecule has 1 saturated carbocycles. The minimum absolute atomic E-state index is 0.103. The Labute approximate surface area is 212 Å². The number of nitrogens with one attached hydrogen (secondary N) is 1. The normalized spacial score (nSPS) is 23.6. The molecule has 2 aromatic carbocycles. The molecule has 2 aromatic rings. The lowest BCUT2D eigenvalue weighted by atomic mass is 9.80. The quantitative estimate of drug-likeness (QED) is 0.337. The third-order valence-corrected chi connectivity index (χ3v) is 7.14. The number of imide groups is 1. The number of para-hydroxylation sites is 2. The highest BCUT2D eigenvalue weighted by atomic mass is 35.5. The molecule has 184 valence electrons. The van der Waals surface area contributed by atoms with Crippen LogP contribution < -0.4 is 15.0 Å². The van der Waals surface area contributed by atoms with Gasteiger partial charge in [0.2, 0.25) is 11.8 Å². The Kier molecular flexibility index (Phi) is 7.62. The summed E-state index contributed by atoms with van der Waals surface area (Å²) in [6.07, 6.45) is 0.648. The van der Waals surface area contributed by atoms with Gasteiger partial charge in [-0.25, -0.2) is 4.79 Å². The first-order valence-electron chi connectivity index (χ1n) is 11.2. The maximum Gasteiger partial charge on any atom is 0.338 e. The molecule has 0 spiro atoms. The van der Waals surface area contributed by atoms with E-state index in [1.165, 1.54) is 12.1 Å². The first-order chi connectivity index (χ1) is 16.8. The van der Waals surface area contributed by atoms with Crippen molar-refractivity contribution < 1.29 is 28.7 Å². The molecule has 2 fully saturated rings. The van der Waals surface area contributed by atoms with Crippen LogP contribution in [0.4, 0.5) is 11.4 Å². The monoisotopic (exact) mass is 518 g/mol. The minimum atomic E-state index is -0.766. The second-order valence-corrected chi connectivity index (χ2v) is 9.45. The van der Waals surface area contributed by atoms with Crippen LogP contribution in [0.2, 0.25) is 0 Å². The molecule has 0 bridgehead atoms. The zero-order valence-corrected chi connectivity index (χ0v) is 20.4. The van der Waals surface area contributed by atoms with E-state index in [9.17, 15) is 19.2 Å². The zero-order valence-electron chi connectivity index (χ0n) is 18.9. The van der Waals surface area contributed by atoms with Crippen LogP contribution in [-0.2, 0) is 19.1 Å². The number of fused-ring (bicyclic) bond motifs is 1. The molecule has 2 aliphatic rings. The van der Waals surface area contributed by atoms with E-state index in [1.54, 1.807) is 36.4 Å². The second kappa shape index (κ2) is 10.7. The summed E-state index contributed by atoms with van der Waals surface area (Å²) in [5.41, 5.74) is 0.824. The average Bonchev–Trinajstić information content (AvgIpc) is 3.08. The number of hydrogen-bond acceptors (Lipinski definition) is 6. The van der Waals surface area contributed by atoms with E-state index in [-0.39, 0.29) is 33.8 Å². The number of nitrogens with zero attached hydrogens (tertiary/aromatic N) is 1. The van der Waals surface area contributed by atoms with E-state index in [1.807, 2.05) is 6.92 Å². The Bertz CT molecular complexity index is 1130. The van der Waals surface area contributed by atoms with Crippen molar-refractivity contribution in [3.8, 4) is 5.75 Å². The third-order valence-electron chi connectivity index (χ3n) is 6.05. The van der Waals surface area contributed by atoms with E-state index >= 15 is 0 Å². The number of benzene rings is 2. The third kappa shape index (κ3) is 5.28. The van der Waals surface area contributed by atoms with Crippen molar-refractivity contribution in [2.45, 2.75) is 30.5 Å². The molecule has 4 rings (SSSR count). The maximum absolute atomic E-state index is 13.0. The molecule has 8 nitrogen and oxygen atoms in total. The summed E-state index contributed by atoms with van der Waals surface area (Å²) in [5.74, 6) is -2.57. The van der Waals surface area contributed by atoms with Crippen molar-refractivity contribution in [2.75, 3.05) is 23.4 Å². The van der Waals surface area contributed by atoms with E-state index in [0.717, 1.165) is 4.90 Å². The highest BCUT2D eigenvalue weighted by Gasteiger charge is 2.52. The fourth-order valence-electron chi connectivity index (χ4n) is 4.37. The Morgan fingerprint density at radius 1 is 1.00 bits per heavy atom. The van der Waals surface area contributed by atoms with Crippen LogP contribution in [0.5, 0.6) is 5.75 Å². The van der Waals surface area contributed by atoms with Crippen LogP contribution in [0.15, 0.2) is 48.5 Å². The largest absolute Gasteiger partial charge is 0.492 e. The van der Waals surface area contributed by atoms with E-state index in [2.05, 4.69) is 5.32 Å². The van der Waals surface area contributed by atoms with Crippen LogP contribution in [0, 0.1) is 11.8 Å². The molecule has 1 saturated heterocycles. The first kappa shape index (κ1) is 25.0. The number of rotatable bonds is 7. The fraction of sp³-hybridized carbons (Fsp3) is 0.360. The van der Waals surface area contributed by atoms with Gasteiger partial charge >= 0.3 is 5.97 Å². The lowest BCUT2D eigenvalue weighted by molar-refractivity contribution is -0.122. The molecule has 3 amide bonds. The van der Waals surface area contributed by atoms with Crippen LogP contribution in [0.1, 0.15) is 30.1 Å². The molecular formula is C25H24Cl2N2O6. The first-order valence-corrected chi connectivity index (χ1v) is 12.1. The second-order valence-electron chi connectivity index (χ2n) is 8.33. The van der Waals surface area contributed by atoms with Gasteiger partial charge < -0.3 is 14.8 Å². The van der Waals surface area contributed by atoms with Gasteiger partial charge in [-0.3, -0.25) is 19.3 Å². The summed E-state index contributed by atoms with van der Waals surface area (Å²) < 4.78 is 10.6. The number of carbonyl (C=O) groups excluding carboxylic acids is 4. The highest BCUT2D eigenvalue weighted by molar-refractivity contribution is 6.31. The zero-order chi connectivity index (χ0) is 25.1. The highest BCUT2D eigenvalue weighted by Crippen LogP contribution is 2.43. The van der Waals surface area contributed by atoms with Crippen molar-refractivity contribution in [3.05, 3.63) is 54.1 Å². The van der Waals surface area contributed by atoms with Gasteiger partial charge in [0.05, 0.1) is 46.1 Å².